The number of alkyl halides is 3. The molecule has 0 aliphatic heterocycles. The number of halogens is 4. The quantitative estimate of drug-likeness (QED) is 0.217. The van der Waals surface area contributed by atoms with Crippen LogP contribution in [-0.4, -0.2) is 12.5 Å². The molecule has 5 aromatic rings. The van der Waals surface area contributed by atoms with Crippen molar-refractivity contribution in [3.63, 3.8) is 0 Å². The van der Waals surface area contributed by atoms with Crippen molar-refractivity contribution in [3.8, 4) is 28.4 Å². The summed E-state index contributed by atoms with van der Waals surface area (Å²) in [6.45, 7) is -0.438. The van der Waals surface area contributed by atoms with Gasteiger partial charge in [-0.25, -0.2) is 0 Å². The van der Waals surface area contributed by atoms with E-state index in [4.69, 9.17) is 25.5 Å². The average Bonchev–Trinajstić information content (AvgIpc) is 2.93. The van der Waals surface area contributed by atoms with E-state index in [2.05, 4.69) is 5.32 Å². The minimum Gasteiger partial charge on any atom is -0.484 e. The number of hydrogen-bond acceptors (Lipinski definition) is 5. The van der Waals surface area contributed by atoms with Crippen molar-refractivity contribution in [1.82, 2.24) is 0 Å². The number of hydrogen-bond donors (Lipinski definition) is 1. The van der Waals surface area contributed by atoms with Gasteiger partial charge in [-0.1, -0.05) is 41.9 Å². The Kier molecular flexibility index (Phi) is 7.48. The number of para-hydroxylation sites is 1. The summed E-state index contributed by atoms with van der Waals surface area (Å²) in [7, 11) is 0. The molecule has 0 aliphatic carbocycles. The van der Waals surface area contributed by atoms with Crippen LogP contribution in [0.2, 0.25) is 5.02 Å². The predicted molar refractivity (Wildman–Crippen MR) is 145 cm³/mol. The van der Waals surface area contributed by atoms with Crippen LogP contribution in [-0.2, 0) is 11.0 Å². The molecule has 4 aromatic carbocycles. The third kappa shape index (κ3) is 6.10. The van der Waals surface area contributed by atoms with Gasteiger partial charge < -0.3 is 19.2 Å². The van der Waals surface area contributed by atoms with Gasteiger partial charge in [0.1, 0.15) is 22.8 Å². The van der Waals surface area contributed by atoms with E-state index in [0.717, 1.165) is 6.07 Å². The number of ether oxygens (including phenoxy) is 2. The van der Waals surface area contributed by atoms with Crippen LogP contribution in [0.5, 0.6) is 17.2 Å². The maximum absolute atomic E-state index is 13.9. The van der Waals surface area contributed by atoms with Crippen LogP contribution in [0.4, 0.5) is 18.9 Å². The lowest BCUT2D eigenvalue weighted by Crippen LogP contribution is -2.20. The number of rotatable bonds is 7. The first-order chi connectivity index (χ1) is 19.2. The second kappa shape index (κ2) is 11.2. The first-order valence-corrected chi connectivity index (χ1v) is 12.2. The predicted octanol–water partition coefficient (Wildman–Crippen LogP) is 7.94. The van der Waals surface area contributed by atoms with Gasteiger partial charge in [-0.05, 0) is 66.2 Å². The zero-order chi connectivity index (χ0) is 28.3. The molecule has 6 nitrogen and oxygen atoms in total. The molecule has 1 N–H and O–H groups in total. The minimum atomic E-state index is -4.94. The van der Waals surface area contributed by atoms with E-state index in [1.165, 1.54) is 36.4 Å². The molecule has 0 fully saturated rings. The Bertz CT molecular complexity index is 1720. The molecule has 1 amide bonds. The van der Waals surface area contributed by atoms with Gasteiger partial charge >= 0.3 is 6.18 Å². The van der Waals surface area contributed by atoms with Gasteiger partial charge in [0.15, 0.2) is 6.61 Å². The maximum Gasteiger partial charge on any atom is 0.450 e. The summed E-state index contributed by atoms with van der Waals surface area (Å²) in [5.74, 6) is -0.656. The molecule has 0 atom stereocenters. The smallest absolute Gasteiger partial charge is 0.450 e. The van der Waals surface area contributed by atoms with E-state index in [0.29, 0.717) is 22.2 Å². The van der Waals surface area contributed by atoms with E-state index in [-0.39, 0.29) is 22.3 Å². The fourth-order valence-electron chi connectivity index (χ4n) is 3.92. The first-order valence-electron chi connectivity index (χ1n) is 11.9. The number of carbonyl (C=O) groups is 1. The lowest BCUT2D eigenvalue weighted by molar-refractivity contribution is -0.152. The Morgan fingerprint density at radius 3 is 2.17 bits per heavy atom. The molecule has 10 heteroatoms. The van der Waals surface area contributed by atoms with Crippen LogP contribution in [0, 0.1) is 0 Å². The Morgan fingerprint density at radius 1 is 0.850 bits per heavy atom. The zero-order valence-corrected chi connectivity index (χ0v) is 21.3. The van der Waals surface area contributed by atoms with Crippen molar-refractivity contribution in [2.75, 3.05) is 11.9 Å². The van der Waals surface area contributed by atoms with E-state index in [1.807, 2.05) is 30.3 Å². The average molecular weight is 566 g/mol. The third-order valence-corrected chi connectivity index (χ3v) is 5.99. The second-order valence-corrected chi connectivity index (χ2v) is 9.01. The molecule has 0 unspecified atom stereocenters. The highest BCUT2D eigenvalue weighted by Crippen LogP contribution is 2.38. The topological polar surface area (TPSA) is 77.8 Å². The molecule has 202 valence electrons. The summed E-state index contributed by atoms with van der Waals surface area (Å²) in [6, 6.07) is 25.1. The summed E-state index contributed by atoms with van der Waals surface area (Å²) in [5, 5.41) is 2.89. The standard InChI is InChI=1S/C30H19ClF3NO5/c31-19-8-6-18(7-9-19)27-28(37)24-15-14-23(16-25(24)40-29(27)30(32,33)34)38-17-26(36)35-20-10-12-22(13-11-20)39-21-4-2-1-3-5-21/h1-16H,17H2,(H,35,36). The first kappa shape index (κ1) is 26.8. The Morgan fingerprint density at radius 2 is 1.50 bits per heavy atom. The maximum atomic E-state index is 13.9. The van der Waals surface area contributed by atoms with Crippen LogP contribution in [0.25, 0.3) is 22.1 Å². The van der Waals surface area contributed by atoms with Crippen molar-refractivity contribution in [3.05, 3.63) is 118 Å². The zero-order valence-electron chi connectivity index (χ0n) is 20.5. The molecular formula is C30H19ClF3NO5. The lowest BCUT2D eigenvalue weighted by atomic mass is 10.0. The van der Waals surface area contributed by atoms with E-state index < -0.39 is 35.4 Å². The Balaban J connectivity index is 1.30. The van der Waals surface area contributed by atoms with Gasteiger partial charge in [-0.15, -0.1) is 0 Å². The van der Waals surface area contributed by atoms with E-state index in [1.54, 1.807) is 24.3 Å². The van der Waals surface area contributed by atoms with E-state index >= 15 is 0 Å². The molecule has 0 spiro atoms. The number of anilines is 1. The summed E-state index contributed by atoms with van der Waals surface area (Å²) < 4.78 is 57.9. The molecule has 0 saturated carbocycles. The Labute approximate surface area is 230 Å². The van der Waals surface area contributed by atoms with Gasteiger partial charge in [0.05, 0.1) is 10.9 Å². The van der Waals surface area contributed by atoms with Crippen molar-refractivity contribution in [2.45, 2.75) is 6.18 Å². The molecule has 5 rings (SSSR count). The highest BCUT2D eigenvalue weighted by atomic mass is 35.5. The summed E-state index contributed by atoms with van der Waals surface area (Å²) in [5.41, 5.74) is -1.31. The number of nitrogens with one attached hydrogen (secondary N) is 1. The van der Waals surface area contributed by atoms with Crippen LogP contribution >= 0.6 is 11.6 Å². The van der Waals surface area contributed by atoms with Gasteiger partial charge in [0, 0.05) is 16.8 Å². The largest absolute Gasteiger partial charge is 0.484 e. The van der Waals surface area contributed by atoms with E-state index in [9.17, 15) is 22.8 Å². The van der Waals surface area contributed by atoms with Crippen LogP contribution < -0.4 is 20.2 Å². The van der Waals surface area contributed by atoms with Crippen molar-refractivity contribution in [1.29, 1.82) is 0 Å². The molecule has 40 heavy (non-hydrogen) atoms. The fourth-order valence-corrected chi connectivity index (χ4v) is 4.04. The van der Waals surface area contributed by atoms with Gasteiger partial charge in [-0.2, -0.15) is 13.2 Å². The van der Waals surface area contributed by atoms with Crippen LogP contribution in [0.3, 0.4) is 0 Å². The summed E-state index contributed by atoms with van der Waals surface area (Å²) in [4.78, 5) is 25.5. The van der Waals surface area contributed by atoms with Gasteiger partial charge in [0.25, 0.3) is 5.91 Å². The van der Waals surface area contributed by atoms with Gasteiger partial charge in [0.2, 0.25) is 11.2 Å². The number of fused-ring (bicyclic) bond motifs is 1. The molecule has 0 saturated heterocycles. The third-order valence-electron chi connectivity index (χ3n) is 5.74. The van der Waals surface area contributed by atoms with Crippen molar-refractivity contribution < 1.29 is 31.9 Å². The normalized spacial score (nSPS) is 11.3. The van der Waals surface area contributed by atoms with Gasteiger partial charge in [-0.3, -0.25) is 9.59 Å². The van der Waals surface area contributed by atoms with Crippen molar-refractivity contribution >= 4 is 34.2 Å². The Hall–Kier alpha value is -4.76. The molecule has 0 bridgehead atoms. The highest BCUT2D eigenvalue weighted by Gasteiger charge is 2.39. The van der Waals surface area contributed by atoms with Crippen LogP contribution in [0.15, 0.2) is 106 Å². The number of benzene rings is 4. The SMILES string of the molecule is O=C(COc1ccc2c(=O)c(-c3ccc(Cl)cc3)c(C(F)(F)F)oc2c1)Nc1ccc(Oc2ccccc2)cc1. The number of carbonyl (C=O) groups excluding carboxylic acids is 1. The van der Waals surface area contributed by atoms with Crippen molar-refractivity contribution in [2.24, 2.45) is 0 Å². The minimum absolute atomic E-state index is 0.0176. The summed E-state index contributed by atoms with van der Waals surface area (Å²) >= 11 is 5.84. The molecule has 0 aliphatic rings. The molecular weight excluding hydrogens is 547 g/mol. The van der Waals surface area contributed by atoms with Crippen LogP contribution in [0.1, 0.15) is 5.76 Å². The fraction of sp³-hybridized carbons (Fsp3) is 0.0667. The second-order valence-electron chi connectivity index (χ2n) is 8.57. The highest BCUT2D eigenvalue weighted by molar-refractivity contribution is 6.30. The molecule has 1 aromatic heterocycles. The summed E-state index contributed by atoms with van der Waals surface area (Å²) in [6.07, 6.45) is -4.94. The molecule has 0 radical (unpaired) electrons. The number of amides is 1. The molecule has 1 heterocycles. The lowest BCUT2D eigenvalue weighted by Gasteiger charge is -2.13. The monoisotopic (exact) mass is 565 g/mol.